The van der Waals surface area contributed by atoms with Gasteiger partial charge in [0.15, 0.2) is 12.2 Å². The monoisotopic (exact) mass is 1390 g/mol. The third-order valence-electron chi connectivity index (χ3n) is 15.8. The number of carbonyl (C=O) groups excluding carboxylic acids is 4. The Morgan fingerprint density at radius 1 is 0.302 bits per heavy atom. The standard InChI is InChI=1S/C77H136O17P2/c1-5-9-13-17-21-25-29-31-33-34-35-36-38-40-44-46-50-54-58-62-75(80)88-68-73(94-77(82)64-60-56-52-48-42-28-24-20-16-12-8-4)70-92-96(85,86)90-66-71(78)65-89-95(83,84)91-69-72(93-76(81)63-59-55-51-47-41-27-23-19-15-11-7-3)67-87-74(79)61-57-53-49-45-43-39-37-32-30-26-22-18-14-10-6-2/h9,13,19,21,23,25,31-33,35-37,40,44,71-73,78H,5-8,10-12,14-18,20,22,24,26-30,34,38-39,41-43,45-70H2,1-4H3,(H,83,84)(H,85,86)/b13-9-,23-19-,25-21-,33-31-,36-35-,37-32-,44-40-. The number of phosphoric ester groups is 2. The van der Waals surface area contributed by atoms with Crippen molar-refractivity contribution in [2.24, 2.45) is 0 Å². The Balaban J connectivity index is 5.30. The lowest BCUT2D eigenvalue weighted by molar-refractivity contribution is -0.161. The van der Waals surface area contributed by atoms with Crippen LogP contribution in [0.4, 0.5) is 0 Å². The summed E-state index contributed by atoms with van der Waals surface area (Å²) in [7, 11) is -9.94. The largest absolute Gasteiger partial charge is 0.472 e. The third kappa shape index (κ3) is 68.8. The summed E-state index contributed by atoms with van der Waals surface area (Å²) in [4.78, 5) is 72.7. The van der Waals surface area contributed by atoms with Crippen LogP contribution in [-0.4, -0.2) is 96.7 Å². The van der Waals surface area contributed by atoms with Gasteiger partial charge in [0.05, 0.1) is 26.4 Å². The number of ether oxygens (including phenoxy) is 4. The molecular weight excluding hydrogens is 1260 g/mol. The molecule has 17 nitrogen and oxygen atoms in total. The van der Waals surface area contributed by atoms with Gasteiger partial charge in [-0.3, -0.25) is 37.3 Å². The number of hydrogen-bond acceptors (Lipinski definition) is 15. The normalized spacial score (nSPS) is 14.4. The number of aliphatic hydroxyl groups is 1. The van der Waals surface area contributed by atoms with Crippen molar-refractivity contribution < 1.29 is 80.2 Å². The van der Waals surface area contributed by atoms with E-state index in [1.54, 1.807) is 0 Å². The highest BCUT2D eigenvalue weighted by molar-refractivity contribution is 7.47. The molecule has 0 aromatic heterocycles. The molecule has 96 heavy (non-hydrogen) atoms. The second-order valence-corrected chi connectivity index (χ2v) is 28.1. The highest BCUT2D eigenvalue weighted by atomic mass is 31.2. The van der Waals surface area contributed by atoms with Gasteiger partial charge < -0.3 is 33.8 Å². The molecule has 0 bridgehead atoms. The van der Waals surface area contributed by atoms with Crippen molar-refractivity contribution in [2.45, 2.75) is 341 Å². The maximum absolute atomic E-state index is 13.0. The quantitative estimate of drug-likeness (QED) is 0.0169. The Kier molecular flexibility index (Phi) is 67.0. The van der Waals surface area contributed by atoms with Gasteiger partial charge in [-0.25, -0.2) is 9.13 Å². The second kappa shape index (κ2) is 69.7. The maximum atomic E-state index is 13.0. The first-order chi connectivity index (χ1) is 46.7. The minimum absolute atomic E-state index is 0.0846. The van der Waals surface area contributed by atoms with E-state index in [2.05, 4.69) is 113 Å². The molecule has 0 heterocycles. The first kappa shape index (κ1) is 92.2. The average Bonchev–Trinajstić information content (AvgIpc) is 1.15. The van der Waals surface area contributed by atoms with Crippen molar-refractivity contribution in [1.29, 1.82) is 0 Å². The van der Waals surface area contributed by atoms with E-state index in [1.807, 2.05) is 0 Å². The molecule has 3 N–H and O–H groups in total. The molecule has 5 atom stereocenters. The van der Waals surface area contributed by atoms with Crippen LogP contribution in [-0.2, 0) is 65.4 Å². The third-order valence-corrected chi connectivity index (χ3v) is 17.7. The van der Waals surface area contributed by atoms with E-state index >= 15 is 0 Å². The average molecular weight is 1400 g/mol. The van der Waals surface area contributed by atoms with Gasteiger partial charge in [0.25, 0.3) is 0 Å². The predicted molar refractivity (Wildman–Crippen MR) is 390 cm³/mol. The van der Waals surface area contributed by atoms with Crippen LogP contribution in [0.5, 0.6) is 0 Å². The molecule has 0 aromatic rings. The van der Waals surface area contributed by atoms with Crippen LogP contribution in [0, 0.1) is 0 Å². The molecule has 0 amide bonds. The highest BCUT2D eigenvalue weighted by Crippen LogP contribution is 2.45. The SMILES string of the molecule is CC/C=C\C/C=C\C/C=C\C/C=C\C/C=C\CCCCCC(=O)OCC(COP(=O)(O)OCC(O)COP(=O)(O)OCC(COC(=O)CCCCCCC/C=C\CCCCCCCC)OC(=O)CCCCCCC/C=C\CCCC)OC(=O)CCCCCCCCCCCCC. The lowest BCUT2D eigenvalue weighted by Gasteiger charge is -2.21. The number of esters is 4. The van der Waals surface area contributed by atoms with Gasteiger partial charge in [0, 0.05) is 25.7 Å². The van der Waals surface area contributed by atoms with E-state index < -0.39 is 97.5 Å². The number of rotatable bonds is 71. The Labute approximate surface area is 583 Å². The van der Waals surface area contributed by atoms with Gasteiger partial charge in [-0.05, 0) is 116 Å². The fourth-order valence-corrected chi connectivity index (χ4v) is 11.6. The number of aliphatic hydroxyl groups excluding tert-OH is 1. The topological polar surface area (TPSA) is 237 Å². The Bertz CT molecular complexity index is 2160. The Hall–Kier alpha value is -3.76. The number of phosphoric acid groups is 2. The minimum Gasteiger partial charge on any atom is -0.462 e. The van der Waals surface area contributed by atoms with Gasteiger partial charge in [0.2, 0.25) is 0 Å². The summed E-state index contributed by atoms with van der Waals surface area (Å²) in [6.45, 7) is 4.67. The van der Waals surface area contributed by atoms with Gasteiger partial charge >= 0.3 is 39.5 Å². The molecular formula is C77H136O17P2. The van der Waals surface area contributed by atoms with Crippen LogP contribution in [0.1, 0.15) is 323 Å². The first-order valence-corrected chi connectivity index (χ1v) is 40.8. The molecule has 0 rings (SSSR count). The molecule has 0 radical (unpaired) electrons. The van der Waals surface area contributed by atoms with Crippen molar-refractivity contribution in [1.82, 2.24) is 0 Å². The van der Waals surface area contributed by atoms with Crippen LogP contribution in [0.3, 0.4) is 0 Å². The first-order valence-electron chi connectivity index (χ1n) is 37.8. The van der Waals surface area contributed by atoms with E-state index in [-0.39, 0.29) is 25.7 Å². The second-order valence-electron chi connectivity index (χ2n) is 25.2. The van der Waals surface area contributed by atoms with E-state index in [4.69, 9.17) is 37.0 Å². The smallest absolute Gasteiger partial charge is 0.462 e. The van der Waals surface area contributed by atoms with Crippen LogP contribution >= 0.6 is 15.6 Å². The van der Waals surface area contributed by atoms with Crippen LogP contribution in [0.15, 0.2) is 85.1 Å². The minimum atomic E-state index is -4.97. The zero-order valence-electron chi connectivity index (χ0n) is 60.5. The summed E-state index contributed by atoms with van der Waals surface area (Å²) >= 11 is 0. The molecule has 0 aromatic carbocycles. The van der Waals surface area contributed by atoms with Gasteiger partial charge in [-0.1, -0.05) is 267 Å². The van der Waals surface area contributed by atoms with E-state index in [0.717, 1.165) is 154 Å². The Morgan fingerprint density at radius 3 is 0.885 bits per heavy atom. The van der Waals surface area contributed by atoms with Crippen molar-refractivity contribution in [2.75, 3.05) is 39.6 Å². The number of carbonyl (C=O) groups is 4. The van der Waals surface area contributed by atoms with Crippen molar-refractivity contribution >= 4 is 39.5 Å². The molecule has 5 unspecified atom stereocenters. The number of unbranched alkanes of at least 4 members (excludes halogenated alkanes) is 31. The van der Waals surface area contributed by atoms with Crippen molar-refractivity contribution in [3.05, 3.63) is 85.1 Å². The van der Waals surface area contributed by atoms with Crippen molar-refractivity contribution in [3.8, 4) is 0 Å². The molecule has 0 aliphatic heterocycles. The highest BCUT2D eigenvalue weighted by Gasteiger charge is 2.30. The molecule has 0 aliphatic rings. The summed E-state index contributed by atoms with van der Waals surface area (Å²) in [5, 5.41) is 10.6. The summed E-state index contributed by atoms with van der Waals surface area (Å²) in [6.07, 6.45) is 70.1. The fraction of sp³-hybridized carbons (Fsp3) is 0.766. The molecule has 0 spiro atoms. The van der Waals surface area contributed by atoms with E-state index in [9.17, 15) is 43.2 Å². The fourth-order valence-electron chi connectivity index (χ4n) is 10.0. The van der Waals surface area contributed by atoms with Crippen LogP contribution < -0.4 is 0 Å². The summed E-state index contributed by atoms with van der Waals surface area (Å²) in [6, 6.07) is 0. The zero-order valence-corrected chi connectivity index (χ0v) is 62.3. The maximum Gasteiger partial charge on any atom is 0.472 e. The van der Waals surface area contributed by atoms with Crippen molar-refractivity contribution in [3.63, 3.8) is 0 Å². The van der Waals surface area contributed by atoms with Crippen LogP contribution in [0.25, 0.3) is 0 Å². The summed E-state index contributed by atoms with van der Waals surface area (Å²) < 4.78 is 68.3. The molecule has 0 fully saturated rings. The van der Waals surface area contributed by atoms with E-state index in [1.165, 1.54) is 89.9 Å². The van der Waals surface area contributed by atoms with Gasteiger partial charge in [0.1, 0.15) is 19.3 Å². The molecule has 0 saturated heterocycles. The predicted octanol–water partition coefficient (Wildman–Crippen LogP) is 21.4. The molecule has 556 valence electrons. The molecule has 0 saturated carbocycles. The lowest BCUT2D eigenvalue weighted by Crippen LogP contribution is -2.30. The Morgan fingerprint density at radius 2 is 0.552 bits per heavy atom. The summed E-state index contributed by atoms with van der Waals surface area (Å²) in [5.41, 5.74) is 0. The van der Waals surface area contributed by atoms with Gasteiger partial charge in [-0.15, -0.1) is 0 Å². The number of hydrogen-bond donors (Lipinski definition) is 3. The number of allylic oxidation sites excluding steroid dienone is 14. The van der Waals surface area contributed by atoms with Gasteiger partial charge in [-0.2, -0.15) is 0 Å². The van der Waals surface area contributed by atoms with E-state index in [0.29, 0.717) is 25.7 Å². The van der Waals surface area contributed by atoms with Crippen LogP contribution in [0.2, 0.25) is 0 Å². The molecule has 0 aliphatic carbocycles. The lowest BCUT2D eigenvalue weighted by atomic mass is 10.1. The zero-order chi connectivity index (χ0) is 70.4. The summed E-state index contributed by atoms with van der Waals surface area (Å²) in [5.74, 6) is -2.21. The molecule has 19 heteroatoms.